The van der Waals surface area contributed by atoms with E-state index in [-0.39, 0.29) is 5.82 Å². The fourth-order valence-corrected chi connectivity index (χ4v) is 2.86. The summed E-state index contributed by atoms with van der Waals surface area (Å²) < 4.78 is 13.7. The molecule has 0 amide bonds. The van der Waals surface area contributed by atoms with Gasteiger partial charge < -0.3 is 5.32 Å². The zero-order chi connectivity index (χ0) is 13.0. The molecule has 2 rings (SSSR count). The Morgan fingerprint density at radius 1 is 1.28 bits per heavy atom. The first kappa shape index (κ1) is 13.8. The first-order valence-corrected chi connectivity index (χ1v) is 7.22. The van der Waals surface area contributed by atoms with Crippen LogP contribution in [0.4, 0.5) is 4.39 Å². The van der Waals surface area contributed by atoms with Crippen molar-refractivity contribution in [1.29, 1.82) is 0 Å². The molecular weight excluding hydrogens is 249 g/mol. The van der Waals surface area contributed by atoms with E-state index in [0.717, 1.165) is 0 Å². The van der Waals surface area contributed by atoms with Crippen LogP contribution in [-0.4, -0.2) is 6.04 Å². The third kappa shape index (κ3) is 3.69. The Kier molecular flexibility index (Phi) is 5.02. The van der Waals surface area contributed by atoms with E-state index in [0.29, 0.717) is 29.1 Å². The zero-order valence-corrected chi connectivity index (χ0v) is 11.6. The van der Waals surface area contributed by atoms with Crippen molar-refractivity contribution in [2.45, 2.75) is 51.6 Å². The fourth-order valence-electron chi connectivity index (χ4n) is 2.70. The summed E-state index contributed by atoms with van der Waals surface area (Å²) >= 11 is 5.75. The molecule has 1 aromatic carbocycles. The van der Waals surface area contributed by atoms with Crippen molar-refractivity contribution in [2.75, 3.05) is 0 Å². The van der Waals surface area contributed by atoms with E-state index in [1.807, 2.05) is 0 Å². The van der Waals surface area contributed by atoms with Gasteiger partial charge in [0.15, 0.2) is 0 Å². The summed E-state index contributed by atoms with van der Waals surface area (Å²) in [7, 11) is 0. The van der Waals surface area contributed by atoms with Crippen molar-refractivity contribution in [1.82, 2.24) is 5.32 Å². The highest BCUT2D eigenvalue weighted by atomic mass is 35.5. The van der Waals surface area contributed by atoms with Crippen molar-refractivity contribution in [3.63, 3.8) is 0 Å². The summed E-state index contributed by atoms with van der Waals surface area (Å²) in [6, 6.07) is 5.42. The molecule has 18 heavy (non-hydrogen) atoms. The number of rotatable bonds is 3. The monoisotopic (exact) mass is 269 g/mol. The lowest BCUT2D eigenvalue weighted by molar-refractivity contribution is 0.354. The topological polar surface area (TPSA) is 12.0 Å². The van der Waals surface area contributed by atoms with Gasteiger partial charge in [0.1, 0.15) is 5.82 Å². The van der Waals surface area contributed by atoms with Crippen LogP contribution in [0.3, 0.4) is 0 Å². The second-order valence-corrected chi connectivity index (χ2v) is 5.77. The van der Waals surface area contributed by atoms with Crippen LogP contribution < -0.4 is 5.32 Å². The van der Waals surface area contributed by atoms with Crippen molar-refractivity contribution in [3.05, 3.63) is 34.6 Å². The molecule has 1 aromatic rings. The van der Waals surface area contributed by atoms with E-state index in [4.69, 9.17) is 11.6 Å². The molecule has 1 N–H and O–H groups in total. The van der Waals surface area contributed by atoms with Crippen LogP contribution >= 0.6 is 11.6 Å². The van der Waals surface area contributed by atoms with Gasteiger partial charge in [-0.05, 0) is 30.9 Å². The van der Waals surface area contributed by atoms with Crippen molar-refractivity contribution in [2.24, 2.45) is 5.92 Å². The third-order valence-corrected chi connectivity index (χ3v) is 4.17. The van der Waals surface area contributed by atoms with E-state index < -0.39 is 0 Å². The predicted octanol–water partition coefficient (Wildman–Crippen LogP) is 4.54. The summed E-state index contributed by atoms with van der Waals surface area (Å²) in [5.74, 6) is 0.471. The quantitative estimate of drug-likeness (QED) is 0.795. The third-order valence-electron chi connectivity index (χ3n) is 3.93. The average molecular weight is 270 g/mol. The van der Waals surface area contributed by atoms with E-state index in [2.05, 4.69) is 12.2 Å². The molecule has 2 atom stereocenters. The Morgan fingerprint density at radius 3 is 2.83 bits per heavy atom. The molecule has 0 spiro atoms. The van der Waals surface area contributed by atoms with E-state index >= 15 is 0 Å². The van der Waals surface area contributed by atoms with Gasteiger partial charge in [0, 0.05) is 23.2 Å². The minimum absolute atomic E-state index is 0.212. The Bertz CT molecular complexity index is 394. The second kappa shape index (κ2) is 6.53. The Balaban J connectivity index is 1.93. The number of benzene rings is 1. The van der Waals surface area contributed by atoms with E-state index in [9.17, 15) is 4.39 Å². The van der Waals surface area contributed by atoms with Crippen molar-refractivity contribution < 1.29 is 4.39 Å². The maximum atomic E-state index is 13.7. The zero-order valence-electron chi connectivity index (χ0n) is 10.9. The molecule has 3 heteroatoms. The standard InChI is InChI=1S/C15H21ClFN/c1-11-5-3-2-4-6-15(11)18-10-12-7-8-13(16)9-14(12)17/h7-9,11,15,18H,2-6,10H2,1H3. The van der Waals surface area contributed by atoms with Crippen molar-refractivity contribution >= 4 is 11.6 Å². The molecule has 0 aliphatic heterocycles. The van der Waals surface area contributed by atoms with Crippen LogP contribution in [0.25, 0.3) is 0 Å². The predicted molar refractivity (Wildman–Crippen MR) is 74.3 cm³/mol. The molecule has 2 unspecified atom stereocenters. The number of halogens is 2. The van der Waals surface area contributed by atoms with Gasteiger partial charge in [-0.3, -0.25) is 0 Å². The highest BCUT2D eigenvalue weighted by molar-refractivity contribution is 6.30. The van der Waals surface area contributed by atoms with Gasteiger partial charge in [-0.1, -0.05) is 43.9 Å². The maximum absolute atomic E-state index is 13.7. The van der Waals surface area contributed by atoms with Gasteiger partial charge in [0.2, 0.25) is 0 Å². The first-order chi connectivity index (χ1) is 8.66. The van der Waals surface area contributed by atoms with Gasteiger partial charge in [-0.25, -0.2) is 4.39 Å². The molecule has 1 nitrogen and oxygen atoms in total. The SMILES string of the molecule is CC1CCCCCC1NCc1ccc(Cl)cc1F. The average Bonchev–Trinajstić information content (AvgIpc) is 2.53. The van der Waals surface area contributed by atoms with E-state index in [1.165, 1.54) is 38.2 Å². The first-order valence-electron chi connectivity index (χ1n) is 6.84. The summed E-state index contributed by atoms with van der Waals surface area (Å²) in [6.45, 7) is 2.89. The van der Waals surface area contributed by atoms with Gasteiger partial charge in [-0.15, -0.1) is 0 Å². The highest BCUT2D eigenvalue weighted by Crippen LogP contribution is 2.23. The molecule has 0 saturated heterocycles. The van der Waals surface area contributed by atoms with Crippen LogP contribution in [-0.2, 0) is 6.54 Å². The molecule has 0 aromatic heterocycles. The Labute approximate surface area is 114 Å². The lowest BCUT2D eigenvalue weighted by Gasteiger charge is -2.23. The Morgan fingerprint density at radius 2 is 2.06 bits per heavy atom. The van der Waals surface area contributed by atoms with Crippen LogP contribution in [0.15, 0.2) is 18.2 Å². The number of nitrogens with one attached hydrogen (secondary N) is 1. The maximum Gasteiger partial charge on any atom is 0.129 e. The Hall–Kier alpha value is -0.600. The molecule has 100 valence electrons. The minimum atomic E-state index is -0.212. The normalized spacial score (nSPS) is 24.8. The molecule has 1 fully saturated rings. The van der Waals surface area contributed by atoms with Crippen LogP contribution in [0.2, 0.25) is 5.02 Å². The van der Waals surface area contributed by atoms with Gasteiger partial charge >= 0.3 is 0 Å². The molecule has 0 heterocycles. The number of hydrogen-bond acceptors (Lipinski definition) is 1. The van der Waals surface area contributed by atoms with Crippen LogP contribution in [0.1, 0.15) is 44.6 Å². The summed E-state index contributed by atoms with van der Waals surface area (Å²) in [6.07, 6.45) is 6.43. The van der Waals surface area contributed by atoms with Gasteiger partial charge in [0.25, 0.3) is 0 Å². The summed E-state index contributed by atoms with van der Waals surface area (Å²) in [5.41, 5.74) is 0.704. The molecule has 0 bridgehead atoms. The molecule has 1 aliphatic rings. The van der Waals surface area contributed by atoms with E-state index in [1.54, 1.807) is 12.1 Å². The fraction of sp³-hybridized carbons (Fsp3) is 0.600. The summed E-state index contributed by atoms with van der Waals surface area (Å²) in [5, 5.41) is 3.96. The van der Waals surface area contributed by atoms with Crippen molar-refractivity contribution in [3.8, 4) is 0 Å². The smallest absolute Gasteiger partial charge is 0.129 e. The number of hydrogen-bond donors (Lipinski definition) is 1. The molecule has 0 radical (unpaired) electrons. The molecule has 1 aliphatic carbocycles. The van der Waals surface area contributed by atoms with Gasteiger partial charge in [-0.2, -0.15) is 0 Å². The summed E-state index contributed by atoms with van der Waals surface area (Å²) in [4.78, 5) is 0. The van der Waals surface area contributed by atoms with Gasteiger partial charge in [0.05, 0.1) is 0 Å². The minimum Gasteiger partial charge on any atom is -0.310 e. The van der Waals surface area contributed by atoms with Crippen LogP contribution in [0.5, 0.6) is 0 Å². The highest BCUT2D eigenvalue weighted by Gasteiger charge is 2.19. The lowest BCUT2D eigenvalue weighted by atomic mass is 9.97. The molecular formula is C15H21ClFN. The largest absolute Gasteiger partial charge is 0.310 e. The lowest BCUT2D eigenvalue weighted by Crippen LogP contribution is -2.34. The second-order valence-electron chi connectivity index (χ2n) is 5.34. The molecule has 1 saturated carbocycles. The van der Waals surface area contributed by atoms with Crippen LogP contribution in [0, 0.1) is 11.7 Å².